The van der Waals surface area contributed by atoms with Gasteiger partial charge in [0.05, 0.1) is 12.7 Å². The molecule has 0 radical (unpaired) electrons. The maximum Gasteiger partial charge on any atom is 0.186 e. The Hall–Kier alpha value is -1.39. The van der Waals surface area contributed by atoms with Crippen molar-refractivity contribution in [2.24, 2.45) is 5.41 Å². The lowest BCUT2D eigenvalue weighted by Crippen LogP contribution is -2.59. The first kappa shape index (κ1) is 26.9. The highest BCUT2D eigenvalue weighted by molar-refractivity contribution is 5.92. The second-order valence-corrected chi connectivity index (χ2v) is 9.62. The number of allylic oxidation sites excluding steroid dienone is 4. The van der Waals surface area contributed by atoms with E-state index in [1.165, 1.54) is 6.08 Å². The molecule has 0 spiro atoms. The van der Waals surface area contributed by atoms with Gasteiger partial charge in [0.25, 0.3) is 0 Å². The van der Waals surface area contributed by atoms with Crippen molar-refractivity contribution in [2.45, 2.75) is 96.3 Å². The Bertz CT molecular complexity index is 753. The molecule has 0 aromatic rings. The van der Waals surface area contributed by atoms with Crippen LogP contribution in [0.2, 0.25) is 0 Å². The van der Waals surface area contributed by atoms with Crippen LogP contribution in [0.5, 0.6) is 0 Å². The Morgan fingerprint density at radius 2 is 1.94 bits per heavy atom. The second-order valence-electron chi connectivity index (χ2n) is 9.62. The molecule has 32 heavy (non-hydrogen) atoms. The largest absolute Gasteiger partial charge is 0.394 e. The maximum atomic E-state index is 11.9. The molecule has 0 aromatic heterocycles. The van der Waals surface area contributed by atoms with Crippen molar-refractivity contribution in [3.05, 3.63) is 35.5 Å². The summed E-state index contributed by atoms with van der Waals surface area (Å²) in [4.78, 5) is 11.9. The molecule has 8 nitrogen and oxygen atoms in total. The summed E-state index contributed by atoms with van der Waals surface area (Å²) in [5, 5.41) is 50.2. The molecule has 0 amide bonds. The van der Waals surface area contributed by atoms with Gasteiger partial charge in [-0.15, -0.1) is 0 Å². The molecule has 1 aliphatic carbocycles. The molecule has 1 aliphatic heterocycles. The normalized spacial score (nSPS) is 36.9. The molecular weight excluding hydrogens is 416 g/mol. The van der Waals surface area contributed by atoms with Crippen LogP contribution in [0.25, 0.3) is 0 Å². The number of carbonyl (C=O) groups is 1. The van der Waals surface area contributed by atoms with Crippen LogP contribution >= 0.6 is 0 Å². The summed E-state index contributed by atoms with van der Waals surface area (Å²) in [6, 6.07) is 0. The van der Waals surface area contributed by atoms with Crippen LogP contribution in [0.4, 0.5) is 0 Å². The molecule has 1 heterocycles. The van der Waals surface area contributed by atoms with Crippen molar-refractivity contribution < 1.29 is 39.8 Å². The Labute approximate surface area is 189 Å². The Kier molecular flexibility index (Phi) is 8.97. The average Bonchev–Trinajstić information content (AvgIpc) is 2.70. The lowest BCUT2D eigenvalue weighted by molar-refractivity contribution is -0.310. The smallest absolute Gasteiger partial charge is 0.186 e. The average molecular weight is 455 g/mol. The van der Waals surface area contributed by atoms with E-state index >= 15 is 0 Å². The third kappa shape index (κ3) is 5.94. The van der Waals surface area contributed by atoms with Gasteiger partial charge in [0, 0.05) is 11.8 Å². The highest BCUT2D eigenvalue weighted by atomic mass is 16.7. The minimum absolute atomic E-state index is 0.0197. The highest BCUT2D eigenvalue weighted by Crippen LogP contribution is 2.44. The molecule has 5 N–H and O–H groups in total. The van der Waals surface area contributed by atoms with Crippen LogP contribution in [0.3, 0.4) is 0 Å². The van der Waals surface area contributed by atoms with Crippen molar-refractivity contribution in [3.8, 4) is 0 Å². The monoisotopic (exact) mass is 454 g/mol. The topological polar surface area (TPSA) is 137 Å². The van der Waals surface area contributed by atoms with Crippen molar-refractivity contribution in [3.63, 3.8) is 0 Å². The predicted molar refractivity (Wildman–Crippen MR) is 119 cm³/mol. The number of ketones is 1. The Morgan fingerprint density at radius 3 is 2.53 bits per heavy atom. The summed E-state index contributed by atoms with van der Waals surface area (Å²) in [6.45, 7) is 8.74. The van der Waals surface area contributed by atoms with E-state index in [0.29, 0.717) is 18.4 Å². The van der Waals surface area contributed by atoms with Crippen molar-refractivity contribution in [1.82, 2.24) is 0 Å². The molecule has 0 aromatic carbocycles. The Morgan fingerprint density at radius 1 is 1.28 bits per heavy atom. The minimum Gasteiger partial charge on any atom is -0.394 e. The second kappa shape index (κ2) is 10.7. The molecule has 0 bridgehead atoms. The van der Waals surface area contributed by atoms with Gasteiger partial charge in [0.1, 0.15) is 30.0 Å². The molecular formula is C24H38O8. The standard InChI is InChI=1S/C24H38O8/c1-14(9-10-24(30)15(2)11-17(26)12-23(24,4)5)7-6-8-16(3)31-22-21(29)20(28)19(27)18(13-25)32-22/h7,9-11,16,18-22,25,27-30H,6,8,12-13H2,1-5H3/b10-9+,14-7-/t16-,18-,19-,20+,21-,22-,24-/m1/s1. The van der Waals surface area contributed by atoms with Crippen LogP contribution in [0.1, 0.15) is 53.9 Å². The lowest BCUT2D eigenvalue weighted by Gasteiger charge is -2.44. The molecule has 1 saturated heterocycles. The van der Waals surface area contributed by atoms with Gasteiger partial charge in [-0.1, -0.05) is 31.6 Å². The van der Waals surface area contributed by atoms with Gasteiger partial charge in [-0.05, 0) is 51.3 Å². The van der Waals surface area contributed by atoms with Crippen LogP contribution in [0.15, 0.2) is 35.5 Å². The van der Waals surface area contributed by atoms with Crippen LogP contribution in [0, 0.1) is 5.41 Å². The highest BCUT2D eigenvalue weighted by Gasteiger charge is 2.47. The third-order valence-corrected chi connectivity index (χ3v) is 6.47. The zero-order chi connectivity index (χ0) is 24.3. The number of ether oxygens (including phenoxy) is 2. The maximum absolute atomic E-state index is 11.9. The molecule has 2 aliphatic rings. The SMILES string of the molecule is CC1=CC(=O)CC(C)(C)[C@@]1(O)/C=C/C(C)=C\CC[C@@H](C)O[C@@H]1O[C@H](CO)[C@@H](O)[C@H](O)[C@H]1O. The van der Waals surface area contributed by atoms with E-state index < -0.39 is 48.3 Å². The molecule has 0 unspecified atom stereocenters. The van der Waals surface area contributed by atoms with Gasteiger partial charge >= 0.3 is 0 Å². The number of hydrogen-bond donors (Lipinski definition) is 5. The first-order chi connectivity index (χ1) is 14.8. The predicted octanol–water partition coefficient (Wildman–Crippen LogP) is 1.15. The minimum atomic E-state index is -1.46. The van der Waals surface area contributed by atoms with E-state index in [9.17, 15) is 30.3 Å². The number of rotatable bonds is 8. The summed E-state index contributed by atoms with van der Waals surface area (Å²) in [7, 11) is 0. The Balaban J connectivity index is 1.92. The summed E-state index contributed by atoms with van der Waals surface area (Å²) >= 11 is 0. The zero-order valence-corrected chi connectivity index (χ0v) is 19.6. The molecule has 182 valence electrons. The summed E-state index contributed by atoms with van der Waals surface area (Å²) in [5.74, 6) is 0.0197. The van der Waals surface area contributed by atoms with Gasteiger partial charge in [-0.25, -0.2) is 0 Å². The van der Waals surface area contributed by atoms with Gasteiger partial charge in [-0.2, -0.15) is 0 Å². The van der Waals surface area contributed by atoms with Gasteiger partial charge < -0.3 is 35.0 Å². The first-order valence-corrected chi connectivity index (χ1v) is 11.1. The van der Waals surface area contributed by atoms with Crippen LogP contribution in [-0.4, -0.2) is 80.3 Å². The molecule has 1 fully saturated rings. The van der Waals surface area contributed by atoms with Crippen molar-refractivity contribution in [1.29, 1.82) is 0 Å². The van der Waals surface area contributed by atoms with E-state index in [1.54, 1.807) is 19.9 Å². The number of hydrogen-bond acceptors (Lipinski definition) is 8. The molecule has 8 heteroatoms. The van der Waals surface area contributed by atoms with E-state index in [0.717, 1.165) is 5.57 Å². The first-order valence-electron chi connectivity index (χ1n) is 11.1. The fourth-order valence-electron chi connectivity index (χ4n) is 4.21. The molecule has 7 atom stereocenters. The van der Waals surface area contributed by atoms with E-state index in [4.69, 9.17) is 9.47 Å². The van der Waals surface area contributed by atoms with Crippen LogP contribution in [-0.2, 0) is 14.3 Å². The quantitative estimate of drug-likeness (QED) is 0.345. The molecule has 0 saturated carbocycles. The fraction of sp³-hybridized carbons (Fsp3) is 0.708. The van der Waals surface area contributed by atoms with Crippen LogP contribution < -0.4 is 0 Å². The summed E-state index contributed by atoms with van der Waals surface area (Å²) in [5.41, 5.74) is -0.230. The number of aliphatic hydroxyl groups is 5. The van der Waals surface area contributed by atoms with Crippen molar-refractivity contribution in [2.75, 3.05) is 6.61 Å². The van der Waals surface area contributed by atoms with Gasteiger partial charge in [-0.3, -0.25) is 4.79 Å². The van der Waals surface area contributed by atoms with E-state index in [-0.39, 0.29) is 18.3 Å². The van der Waals surface area contributed by atoms with Gasteiger partial charge in [0.2, 0.25) is 0 Å². The van der Waals surface area contributed by atoms with E-state index in [2.05, 4.69) is 0 Å². The summed E-state index contributed by atoms with van der Waals surface area (Å²) in [6.07, 6.45) is 1.86. The number of carbonyl (C=O) groups excluding carboxylic acids is 1. The third-order valence-electron chi connectivity index (χ3n) is 6.47. The summed E-state index contributed by atoms with van der Waals surface area (Å²) < 4.78 is 11.0. The fourth-order valence-corrected chi connectivity index (χ4v) is 4.21. The zero-order valence-electron chi connectivity index (χ0n) is 19.6. The van der Waals surface area contributed by atoms with Crippen molar-refractivity contribution >= 4 is 5.78 Å². The number of aliphatic hydroxyl groups excluding tert-OH is 4. The van der Waals surface area contributed by atoms with Gasteiger partial charge in [0.15, 0.2) is 12.1 Å². The lowest BCUT2D eigenvalue weighted by atomic mass is 9.64. The molecule has 2 rings (SSSR count). The van der Waals surface area contributed by atoms with E-state index in [1.807, 2.05) is 32.9 Å².